The molecule has 1 N–H and O–H groups in total. The molecule has 6 nitrogen and oxygen atoms in total. The lowest BCUT2D eigenvalue weighted by Gasteiger charge is -2.20. The molecule has 0 fully saturated rings. The minimum Gasteiger partial charge on any atom is -0.444 e. The molecular formula is C18H21N4O2. The molecule has 125 valence electrons. The minimum absolute atomic E-state index is 0.0384. The maximum Gasteiger partial charge on any atom is 0.413 e. The van der Waals surface area contributed by atoms with Crippen LogP contribution in [0.15, 0.2) is 24.3 Å². The third-order valence-corrected chi connectivity index (χ3v) is 3.11. The number of hydrogen-bond donors (Lipinski definition) is 1. The Balaban J connectivity index is 2.48. The Bertz CT molecular complexity index is 765. The normalized spacial score (nSPS) is 11.2. The van der Waals surface area contributed by atoms with Crippen molar-refractivity contribution in [2.24, 2.45) is 0 Å². The summed E-state index contributed by atoms with van der Waals surface area (Å²) in [5.41, 5.74) is 0.945. The zero-order valence-corrected chi connectivity index (χ0v) is 14.5. The van der Waals surface area contributed by atoms with Crippen molar-refractivity contribution in [2.45, 2.75) is 46.3 Å². The summed E-state index contributed by atoms with van der Waals surface area (Å²) in [5, 5.41) is 16.8. The largest absolute Gasteiger partial charge is 0.444 e. The molecule has 0 saturated carbocycles. The van der Waals surface area contributed by atoms with E-state index in [9.17, 15) is 10.1 Å². The Morgan fingerprint density at radius 2 is 2.17 bits per heavy atom. The van der Waals surface area contributed by atoms with Crippen molar-refractivity contribution in [2.75, 3.05) is 5.32 Å². The number of nitrogens with zero attached hydrogens (tertiary/aromatic N) is 3. The topological polar surface area (TPSA) is 79.9 Å². The van der Waals surface area contributed by atoms with Crippen LogP contribution in [0.3, 0.4) is 0 Å². The van der Waals surface area contributed by atoms with E-state index in [1.54, 1.807) is 37.6 Å². The number of carbonyl (C=O) groups excluding carboxylic acids is 1. The maximum absolute atomic E-state index is 12.1. The summed E-state index contributed by atoms with van der Waals surface area (Å²) < 4.78 is 6.90. The zero-order valence-electron chi connectivity index (χ0n) is 14.5. The molecule has 0 saturated heterocycles. The van der Waals surface area contributed by atoms with Crippen molar-refractivity contribution >= 4 is 11.9 Å². The standard InChI is InChI=1S/C18H21N4O2/c1-12(2)22-16(20-17(23)24-18(3,4)5)14(11-19)15(21-22)13-9-7-6-8-10-13/h6-7,9-10,12H,1-5H3,(H,20,23). The van der Waals surface area contributed by atoms with E-state index >= 15 is 0 Å². The van der Waals surface area contributed by atoms with Crippen LogP contribution < -0.4 is 5.32 Å². The second-order valence-corrected chi connectivity index (χ2v) is 6.64. The third-order valence-electron chi connectivity index (χ3n) is 3.11. The number of nitrogens with one attached hydrogen (secondary N) is 1. The van der Waals surface area contributed by atoms with Crippen molar-refractivity contribution < 1.29 is 9.53 Å². The van der Waals surface area contributed by atoms with E-state index in [0.717, 1.165) is 5.56 Å². The van der Waals surface area contributed by atoms with Crippen LogP contribution in [0.5, 0.6) is 0 Å². The highest BCUT2D eigenvalue weighted by molar-refractivity contribution is 5.88. The maximum atomic E-state index is 12.1. The lowest BCUT2D eigenvalue weighted by Crippen LogP contribution is -2.28. The predicted octanol–water partition coefficient (Wildman–Crippen LogP) is 4.15. The van der Waals surface area contributed by atoms with Gasteiger partial charge in [0.1, 0.15) is 22.9 Å². The van der Waals surface area contributed by atoms with E-state index in [4.69, 9.17) is 4.74 Å². The predicted molar refractivity (Wildman–Crippen MR) is 91.5 cm³/mol. The molecule has 0 spiro atoms. The fraction of sp³-hybridized carbons (Fsp3) is 0.389. The molecule has 0 aliphatic carbocycles. The van der Waals surface area contributed by atoms with Crippen LogP contribution in [0, 0.1) is 17.4 Å². The Labute approximate surface area is 142 Å². The summed E-state index contributed by atoms with van der Waals surface area (Å²) in [6.45, 7) is 9.19. The van der Waals surface area contributed by atoms with Crippen LogP contribution in [-0.4, -0.2) is 21.5 Å². The summed E-state index contributed by atoms with van der Waals surface area (Å²) in [4.78, 5) is 12.1. The minimum atomic E-state index is -0.628. The first kappa shape index (κ1) is 17.5. The second-order valence-electron chi connectivity index (χ2n) is 6.64. The van der Waals surface area contributed by atoms with Gasteiger partial charge in [-0.2, -0.15) is 10.4 Å². The lowest BCUT2D eigenvalue weighted by atomic mass is 10.1. The van der Waals surface area contributed by atoms with Gasteiger partial charge in [-0.25, -0.2) is 9.48 Å². The number of amides is 1. The summed E-state index contributed by atoms with van der Waals surface area (Å²) in [6.07, 6.45) is -0.619. The molecule has 2 aromatic rings. The summed E-state index contributed by atoms with van der Waals surface area (Å²) in [6, 6.07) is 12.3. The third kappa shape index (κ3) is 3.93. The van der Waals surface area contributed by atoms with Gasteiger partial charge in [0.05, 0.1) is 0 Å². The highest BCUT2D eigenvalue weighted by Gasteiger charge is 2.24. The molecule has 0 bridgehead atoms. The lowest BCUT2D eigenvalue weighted by molar-refractivity contribution is 0.0634. The molecule has 1 heterocycles. The number of carbonyl (C=O) groups is 1. The molecule has 6 heteroatoms. The van der Waals surface area contributed by atoms with Crippen LogP contribution in [-0.2, 0) is 4.74 Å². The fourth-order valence-corrected chi connectivity index (χ4v) is 2.18. The molecule has 0 unspecified atom stereocenters. The molecule has 1 aromatic carbocycles. The monoisotopic (exact) mass is 325 g/mol. The molecule has 0 atom stereocenters. The van der Waals surface area contributed by atoms with Crippen LogP contribution in [0.1, 0.15) is 46.2 Å². The van der Waals surface area contributed by atoms with Gasteiger partial charge in [-0.1, -0.05) is 18.2 Å². The summed E-state index contributed by atoms with van der Waals surface area (Å²) >= 11 is 0. The average molecular weight is 325 g/mol. The molecule has 0 aliphatic rings. The van der Waals surface area contributed by atoms with Gasteiger partial charge in [-0.15, -0.1) is 0 Å². The number of aromatic nitrogens is 2. The number of ether oxygens (including phenoxy) is 1. The Morgan fingerprint density at radius 3 is 2.67 bits per heavy atom. The van der Waals surface area contributed by atoms with Gasteiger partial charge in [0, 0.05) is 11.6 Å². The first-order valence-electron chi connectivity index (χ1n) is 7.72. The van der Waals surface area contributed by atoms with Crippen molar-refractivity contribution in [3.63, 3.8) is 0 Å². The summed E-state index contributed by atoms with van der Waals surface area (Å²) in [5.74, 6) is 0.334. The SMILES string of the molecule is CC(C)n1nc(-c2c[c]ccc2)c(C#N)c1NC(=O)OC(C)(C)C. The van der Waals surface area contributed by atoms with Crippen molar-refractivity contribution in [1.29, 1.82) is 5.26 Å². The summed E-state index contributed by atoms with van der Waals surface area (Å²) in [7, 11) is 0. The van der Waals surface area contributed by atoms with Crippen LogP contribution in [0.2, 0.25) is 0 Å². The van der Waals surface area contributed by atoms with Gasteiger partial charge in [0.2, 0.25) is 0 Å². The number of hydrogen-bond acceptors (Lipinski definition) is 4. The second kappa shape index (κ2) is 6.75. The van der Waals surface area contributed by atoms with E-state index in [1.807, 2.05) is 26.0 Å². The van der Waals surface area contributed by atoms with Gasteiger partial charge in [0.25, 0.3) is 0 Å². The molecule has 1 radical (unpaired) electrons. The highest BCUT2D eigenvalue weighted by atomic mass is 16.6. The van der Waals surface area contributed by atoms with Crippen LogP contribution in [0.4, 0.5) is 10.6 Å². The first-order chi connectivity index (χ1) is 11.2. The van der Waals surface area contributed by atoms with E-state index in [1.165, 1.54) is 0 Å². The van der Waals surface area contributed by atoms with Crippen LogP contribution in [0.25, 0.3) is 11.3 Å². The Hall–Kier alpha value is -2.81. The van der Waals surface area contributed by atoms with Gasteiger partial charge >= 0.3 is 6.09 Å². The van der Waals surface area contributed by atoms with E-state index in [-0.39, 0.29) is 6.04 Å². The Kier molecular flexibility index (Phi) is 4.93. The van der Waals surface area contributed by atoms with E-state index in [0.29, 0.717) is 17.1 Å². The van der Waals surface area contributed by atoms with Gasteiger partial charge in [0.15, 0.2) is 5.82 Å². The fourth-order valence-electron chi connectivity index (χ4n) is 2.18. The van der Waals surface area contributed by atoms with Crippen molar-refractivity contribution in [3.8, 4) is 17.3 Å². The number of nitriles is 1. The first-order valence-corrected chi connectivity index (χ1v) is 7.72. The number of rotatable bonds is 3. The number of benzene rings is 1. The van der Waals surface area contributed by atoms with E-state index < -0.39 is 11.7 Å². The van der Waals surface area contributed by atoms with E-state index in [2.05, 4.69) is 22.6 Å². The van der Waals surface area contributed by atoms with Gasteiger partial charge in [-0.05, 0) is 46.8 Å². The highest BCUT2D eigenvalue weighted by Crippen LogP contribution is 2.30. The smallest absolute Gasteiger partial charge is 0.413 e. The molecular weight excluding hydrogens is 304 g/mol. The average Bonchev–Trinajstić information content (AvgIpc) is 2.84. The van der Waals surface area contributed by atoms with Gasteiger partial charge in [-0.3, -0.25) is 5.32 Å². The molecule has 24 heavy (non-hydrogen) atoms. The van der Waals surface area contributed by atoms with Gasteiger partial charge < -0.3 is 4.74 Å². The molecule has 1 aromatic heterocycles. The van der Waals surface area contributed by atoms with Crippen LogP contribution >= 0.6 is 0 Å². The number of anilines is 1. The quantitative estimate of drug-likeness (QED) is 0.919. The molecule has 0 aliphatic heterocycles. The van der Waals surface area contributed by atoms with Crippen molar-refractivity contribution in [1.82, 2.24) is 9.78 Å². The Morgan fingerprint density at radius 1 is 1.46 bits per heavy atom. The zero-order chi connectivity index (χ0) is 17.9. The van der Waals surface area contributed by atoms with Crippen molar-refractivity contribution in [3.05, 3.63) is 35.9 Å². The molecule has 2 rings (SSSR count). The molecule has 1 amide bonds.